The van der Waals surface area contributed by atoms with E-state index in [9.17, 15) is 0 Å². The van der Waals surface area contributed by atoms with Crippen molar-refractivity contribution in [1.82, 2.24) is 15.0 Å². The van der Waals surface area contributed by atoms with E-state index in [1.807, 2.05) is 36.4 Å². The van der Waals surface area contributed by atoms with Crippen LogP contribution in [0.25, 0.3) is 0 Å². The van der Waals surface area contributed by atoms with Gasteiger partial charge in [0.1, 0.15) is 5.82 Å². The number of aryl methyl sites for hydroxylation is 4. The molecule has 3 aromatic carbocycles. The standard InChI is InChI=1S/C27H28ClN5/c1-19-8-5-11-21(16-19)10-3-4-15-25-31-26(29-23-13-6-9-20(2)17-23)33-27(32-25)30-24-14-7-12-22(28)18-24/h5-9,11-14,16-18H,3-4,10,15H2,1-2H3,(H2,29,30,31,32,33). The van der Waals surface area contributed by atoms with Gasteiger partial charge in [0.15, 0.2) is 0 Å². The third-order valence-electron chi connectivity index (χ3n) is 5.24. The van der Waals surface area contributed by atoms with Crippen molar-refractivity contribution in [2.75, 3.05) is 10.6 Å². The molecule has 0 atom stereocenters. The van der Waals surface area contributed by atoms with E-state index >= 15 is 0 Å². The number of anilines is 4. The molecule has 33 heavy (non-hydrogen) atoms. The summed E-state index contributed by atoms with van der Waals surface area (Å²) in [6.07, 6.45) is 3.90. The SMILES string of the molecule is Cc1cccc(CCCCc2nc(Nc3cccc(C)c3)nc(Nc3cccc(Cl)c3)n2)c1. The maximum Gasteiger partial charge on any atom is 0.232 e. The molecule has 6 heteroatoms. The van der Waals surface area contributed by atoms with Crippen LogP contribution in [-0.4, -0.2) is 15.0 Å². The lowest BCUT2D eigenvalue weighted by molar-refractivity contribution is 0.705. The third-order valence-corrected chi connectivity index (χ3v) is 5.47. The maximum absolute atomic E-state index is 6.13. The van der Waals surface area contributed by atoms with Crippen LogP contribution in [0.2, 0.25) is 5.02 Å². The molecule has 0 spiro atoms. The van der Waals surface area contributed by atoms with Crippen molar-refractivity contribution in [1.29, 1.82) is 0 Å². The Morgan fingerprint density at radius 1 is 0.667 bits per heavy atom. The van der Waals surface area contributed by atoms with Crippen LogP contribution < -0.4 is 10.6 Å². The summed E-state index contributed by atoms with van der Waals surface area (Å²) in [5.74, 6) is 1.78. The van der Waals surface area contributed by atoms with Gasteiger partial charge >= 0.3 is 0 Å². The van der Waals surface area contributed by atoms with E-state index in [0.717, 1.165) is 42.9 Å². The second kappa shape index (κ2) is 10.9. The lowest BCUT2D eigenvalue weighted by atomic mass is 10.0. The fourth-order valence-corrected chi connectivity index (χ4v) is 3.86. The monoisotopic (exact) mass is 457 g/mol. The molecule has 0 radical (unpaired) electrons. The summed E-state index contributed by atoms with van der Waals surface area (Å²) >= 11 is 6.13. The van der Waals surface area contributed by atoms with Crippen molar-refractivity contribution in [3.63, 3.8) is 0 Å². The second-order valence-corrected chi connectivity index (χ2v) is 8.66. The molecule has 2 N–H and O–H groups in total. The van der Waals surface area contributed by atoms with Crippen LogP contribution in [0.5, 0.6) is 0 Å². The molecule has 0 saturated heterocycles. The van der Waals surface area contributed by atoms with Gasteiger partial charge in [-0.1, -0.05) is 59.6 Å². The van der Waals surface area contributed by atoms with Gasteiger partial charge in [0.05, 0.1) is 0 Å². The molecule has 0 bridgehead atoms. The first kappa shape index (κ1) is 22.7. The van der Waals surface area contributed by atoms with Gasteiger partial charge in [-0.05, 0) is 74.6 Å². The molecule has 0 aliphatic heterocycles. The van der Waals surface area contributed by atoms with Gasteiger partial charge in [0.2, 0.25) is 11.9 Å². The van der Waals surface area contributed by atoms with Crippen LogP contribution in [-0.2, 0) is 12.8 Å². The van der Waals surface area contributed by atoms with Crippen molar-refractivity contribution < 1.29 is 0 Å². The number of hydrogen-bond donors (Lipinski definition) is 2. The van der Waals surface area contributed by atoms with Crippen LogP contribution in [0.4, 0.5) is 23.3 Å². The van der Waals surface area contributed by atoms with E-state index < -0.39 is 0 Å². The summed E-state index contributed by atoms with van der Waals surface area (Å²) in [5, 5.41) is 7.23. The minimum Gasteiger partial charge on any atom is -0.324 e. The Kier molecular flexibility index (Phi) is 7.53. The zero-order valence-electron chi connectivity index (χ0n) is 19.0. The zero-order chi connectivity index (χ0) is 23.0. The zero-order valence-corrected chi connectivity index (χ0v) is 19.7. The predicted molar refractivity (Wildman–Crippen MR) is 137 cm³/mol. The Morgan fingerprint density at radius 3 is 1.94 bits per heavy atom. The number of nitrogens with zero attached hydrogens (tertiary/aromatic N) is 3. The third kappa shape index (κ3) is 7.02. The molecule has 0 aliphatic rings. The Bertz CT molecular complexity index is 1160. The quantitative estimate of drug-likeness (QED) is 0.260. The van der Waals surface area contributed by atoms with E-state index in [4.69, 9.17) is 11.6 Å². The number of halogens is 1. The number of hydrogen-bond acceptors (Lipinski definition) is 5. The van der Waals surface area contributed by atoms with Crippen molar-refractivity contribution in [3.8, 4) is 0 Å². The van der Waals surface area contributed by atoms with E-state index in [-0.39, 0.29) is 0 Å². The van der Waals surface area contributed by atoms with Gasteiger partial charge in [-0.2, -0.15) is 15.0 Å². The van der Waals surface area contributed by atoms with E-state index in [1.54, 1.807) is 0 Å². The molecular formula is C27H28ClN5. The molecule has 0 saturated carbocycles. The normalized spacial score (nSPS) is 10.8. The highest BCUT2D eigenvalue weighted by atomic mass is 35.5. The lowest BCUT2D eigenvalue weighted by Crippen LogP contribution is -2.08. The molecular weight excluding hydrogens is 430 g/mol. The van der Waals surface area contributed by atoms with Gasteiger partial charge in [-0.25, -0.2) is 0 Å². The van der Waals surface area contributed by atoms with Crippen molar-refractivity contribution >= 4 is 34.9 Å². The molecule has 168 valence electrons. The fraction of sp³-hybridized carbons (Fsp3) is 0.222. The summed E-state index contributed by atoms with van der Waals surface area (Å²) in [4.78, 5) is 13.9. The summed E-state index contributed by atoms with van der Waals surface area (Å²) < 4.78 is 0. The van der Waals surface area contributed by atoms with E-state index in [0.29, 0.717) is 16.9 Å². The first-order chi connectivity index (χ1) is 16.0. The second-order valence-electron chi connectivity index (χ2n) is 8.22. The van der Waals surface area contributed by atoms with Crippen molar-refractivity contribution in [2.45, 2.75) is 39.5 Å². The number of nitrogens with one attached hydrogen (secondary N) is 2. The summed E-state index contributed by atoms with van der Waals surface area (Å²) in [5.41, 5.74) is 5.62. The van der Waals surface area contributed by atoms with E-state index in [1.165, 1.54) is 16.7 Å². The summed E-state index contributed by atoms with van der Waals surface area (Å²) in [7, 11) is 0. The maximum atomic E-state index is 6.13. The molecule has 4 aromatic rings. The smallest absolute Gasteiger partial charge is 0.232 e. The molecule has 5 nitrogen and oxygen atoms in total. The lowest BCUT2D eigenvalue weighted by Gasteiger charge is -2.11. The first-order valence-electron chi connectivity index (χ1n) is 11.2. The molecule has 1 aromatic heterocycles. The van der Waals surface area contributed by atoms with Crippen LogP contribution >= 0.6 is 11.6 Å². The minimum absolute atomic E-state index is 0.496. The molecule has 0 unspecified atom stereocenters. The average molecular weight is 458 g/mol. The van der Waals surface area contributed by atoms with E-state index in [2.05, 4.69) is 75.8 Å². The average Bonchev–Trinajstić information content (AvgIpc) is 2.77. The predicted octanol–water partition coefficient (Wildman–Crippen LogP) is 7.19. The van der Waals surface area contributed by atoms with Gasteiger partial charge in [0.25, 0.3) is 0 Å². The molecule has 0 fully saturated rings. The molecule has 0 amide bonds. The Hall–Kier alpha value is -3.44. The number of aromatic nitrogens is 3. The Morgan fingerprint density at radius 2 is 1.27 bits per heavy atom. The van der Waals surface area contributed by atoms with Gasteiger partial charge in [-0.3, -0.25) is 0 Å². The first-order valence-corrected chi connectivity index (χ1v) is 11.6. The molecule has 1 heterocycles. The largest absolute Gasteiger partial charge is 0.324 e. The Balaban J connectivity index is 1.48. The van der Waals surface area contributed by atoms with Gasteiger partial charge < -0.3 is 10.6 Å². The highest BCUT2D eigenvalue weighted by Gasteiger charge is 2.09. The topological polar surface area (TPSA) is 62.7 Å². The van der Waals surface area contributed by atoms with Crippen molar-refractivity contribution in [3.05, 3.63) is 100 Å². The molecule has 4 rings (SSSR count). The number of unbranched alkanes of at least 4 members (excludes halogenated alkanes) is 1. The fourth-order valence-electron chi connectivity index (χ4n) is 3.67. The van der Waals surface area contributed by atoms with Crippen LogP contribution in [0.15, 0.2) is 72.8 Å². The summed E-state index contributed by atoms with van der Waals surface area (Å²) in [6, 6.07) is 24.3. The highest BCUT2D eigenvalue weighted by Crippen LogP contribution is 2.21. The molecule has 0 aliphatic carbocycles. The van der Waals surface area contributed by atoms with Gasteiger partial charge in [-0.15, -0.1) is 0 Å². The van der Waals surface area contributed by atoms with Crippen LogP contribution in [0.1, 0.15) is 35.4 Å². The van der Waals surface area contributed by atoms with Crippen LogP contribution in [0.3, 0.4) is 0 Å². The Labute approximate surface area is 200 Å². The summed E-state index contributed by atoms with van der Waals surface area (Å²) in [6.45, 7) is 4.19. The number of rotatable bonds is 9. The highest BCUT2D eigenvalue weighted by molar-refractivity contribution is 6.30. The number of benzene rings is 3. The van der Waals surface area contributed by atoms with Crippen LogP contribution in [0, 0.1) is 13.8 Å². The van der Waals surface area contributed by atoms with Gasteiger partial charge in [0, 0.05) is 22.8 Å². The van der Waals surface area contributed by atoms with Crippen molar-refractivity contribution in [2.24, 2.45) is 0 Å². The minimum atomic E-state index is 0.496.